The molecule has 0 aliphatic carbocycles. The Bertz CT molecular complexity index is 1240. The Labute approximate surface area is 193 Å². The molecule has 0 spiro atoms. The second-order valence-electron chi connectivity index (χ2n) is 8.96. The summed E-state index contributed by atoms with van der Waals surface area (Å²) in [5.41, 5.74) is 0.189. The maximum Gasteiger partial charge on any atom is 0.286 e. The fourth-order valence-corrected chi connectivity index (χ4v) is 6.11. The molecule has 2 saturated heterocycles. The Kier molecular flexibility index (Phi) is 5.99. The van der Waals surface area contributed by atoms with E-state index in [0.29, 0.717) is 25.4 Å². The lowest BCUT2D eigenvalue weighted by atomic mass is 9.91. The number of ketones is 1. The summed E-state index contributed by atoms with van der Waals surface area (Å²) < 4.78 is 54.8. The molecular weight excluding hydrogens is 470 g/mol. The standard InChI is InChI=1S/C20H27N5O6S2/c1-12(2)8-10-25-20(27)17(18(26)15-5-4-9-24(15)25)19-21-14-7-6-13(22-32(3,28)29)11-16(14)33(30,31)23-19/h6-7,11-12,15,17,22H,4-5,8-10H2,1-3H3,(H,21,23). The zero-order valence-corrected chi connectivity index (χ0v) is 20.2. The summed E-state index contributed by atoms with van der Waals surface area (Å²) in [4.78, 5) is 26.4. The molecule has 2 fully saturated rings. The average Bonchev–Trinajstić information content (AvgIpc) is 3.16. The van der Waals surface area contributed by atoms with Crippen LogP contribution in [0, 0.1) is 11.8 Å². The van der Waals surface area contributed by atoms with Crippen LogP contribution in [0.3, 0.4) is 0 Å². The highest BCUT2D eigenvalue weighted by atomic mass is 32.2. The number of benzene rings is 1. The molecule has 2 N–H and O–H groups in total. The molecule has 2 unspecified atom stereocenters. The van der Waals surface area contributed by atoms with Crippen LogP contribution >= 0.6 is 0 Å². The van der Waals surface area contributed by atoms with Crippen LogP contribution in [0.1, 0.15) is 33.1 Å². The second kappa shape index (κ2) is 8.37. The largest absolute Gasteiger partial charge is 0.341 e. The van der Waals surface area contributed by atoms with Crippen LogP contribution in [-0.2, 0) is 29.6 Å². The van der Waals surface area contributed by atoms with Crippen LogP contribution in [0.5, 0.6) is 0 Å². The summed E-state index contributed by atoms with van der Waals surface area (Å²) in [6, 6.07) is 3.43. The number of sulfonamides is 2. The van der Waals surface area contributed by atoms with E-state index in [9.17, 15) is 26.4 Å². The number of nitrogens with zero attached hydrogens (tertiary/aromatic N) is 3. The van der Waals surface area contributed by atoms with Gasteiger partial charge in [-0.3, -0.25) is 19.3 Å². The molecule has 0 aromatic heterocycles. The van der Waals surface area contributed by atoms with Gasteiger partial charge >= 0.3 is 0 Å². The smallest absolute Gasteiger partial charge is 0.286 e. The molecule has 0 bridgehead atoms. The van der Waals surface area contributed by atoms with Gasteiger partial charge in [0.2, 0.25) is 10.0 Å². The van der Waals surface area contributed by atoms with Crippen molar-refractivity contribution in [1.29, 1.82) is 0 Å². The normalized spacial score (nSPS) is 24.8. The van der Waals surface area contributed by atoms with Gasteiger partial charge in [-0.2, -0.15) is 8.42 Å². The van der Waals surface area contributed by atoms with E-state index in [4.69, 9.17) is 0 Å². The molecule has 0 saturated carbocycles. The Morgan fingerprint density at radius 2 is 2.00 bits per heavy atom. The lowest BCUT2D eigenvalue weighted by Crippen LogP contribution is -2.63. The molecule has 11 nitrogen and oxygen atoms in total. The molecule has 180 valence electrons. The van der Waals surface area contributed by atoms with Crippen molar-refractivity contribution in [3.63, 3.8) is 0 Å². The van der Waals surface area contributed by atoms with Gasteiger partial charge in [0, 0.05) is 18.8 Å². The number of nitrogens with one attached hydrogen (secondary N) is 2. The molecule has 2 atom stereocenters. The number of anilines is 2. The highest BCUT2D eigenvalue weighted by molar-refractivity contribution is 7.92. The number of amides is 1. The molecule has 3 aliphatic rings. The molecule has 3 heterocycles. The fourth-order valence-electron chi connectivity index (χ4n) is 4.37. The summed E-state index contributed by atoms with van der Waals surface area (Å²) in [6.07, 6.45) is 3.06. The third kappa shape index (κ3) is 4.62. The van der Waals surface area contributed by atoms with Crippen molar-refractivity contribution in [2.45, 2.75) is 44.0 Å². The number of Topliss-reactive ketones (excluding diaryl/α,β-unsaturated/α-hetero) is 1. The van der Waals surface area contributed by atoms with E-state index in [1.807, 2.05) is 13.8 Å². The van der Waals surface area contributed by atoms with Crippen LogP contribution in [0.15, 0.2) is 27.5 Å². The number of hydrazine groups is 1. The Balaban J connectivity index is 1.69. The molecule has 1 aromatic carbocycles. The van der Waals surface area contributed by atoms with Gasteiger partial charge in [0.1, 0.15) is 10.7 Å². The lowest BCUT2D eigenvalue weighted by molar-refractivity contribution is -0.168. The maximum absolute atomic E-state index is 13.4. The van der Waals surface area contributed by atoms with E-state index >= 15 is 0 Å². The van der Waals surface area contributed by atoms with Crippen molar-refractivity contribution in [3.05, 3.63) is 18.2 Å². The van der Waals surface area contributed by atoms with E-state index < -0.39 is 37.9 Å². The molecule has 13 heteroatoms. The summed E-state index contributed by atoms with van der Waals surface area (Å²) in [5.74, 6) is -2.06. The van der Waals surface area contributed by atoms with Crippen LogP contribution < -0.4 is 10.0 Å². The molecule has 4 rings (SSSR count). The van der Waals surface area contributed by atoms with Crippen molar-refractivity contribution < 1.29 is 26.4 Å². The number of hydrogen-bond acceptors (Lipinski definition) is 8. The average molecular weight is 498 g/mol. The predicted octanol–water partition coefficient (Wildman–Crippen LogP) is 1.02. The first-order chi connectivity index (χ1) is 15.4. The van der Waals surface area contributed by atoms with Crippen LogP contribution in [0.25, 0.3) is 0 Å². The van der Waals surface area contributed by atoms with Gasteiger partial charge in [0.15, 0.2) is 11.7 Å². The molecule has 1 amide bonds. The van der Waals surface area contributed by atoms with Gasteiger partial charge in [-0.15, -0.1) is 4.40 Å². The van der Waals surface area contributed by atoms with Crippen molar-refractivity contribution in [2.24, 2.45) is 16.2 Å². The number of carbonyl (C=O) groups excluding carboxylic acids is 2. The third-order valence-electron chi connectivity index (χ3n) is 5.88. The second-order valence-corrected chi connectivity index (χ2v) is 12.3. The topological polar surface area (TPSA) is 145 Å². The van der Waals surface area contributed by atoms with Crippen molar-refractivity contribution in [2.75, 3.05) is 29.4 Å². The minimum absolute atomic E-state index is 0.0616. The van der Waals surface area contributed by atoms with Crippen molar-refractivity contribution in [3.8, 4) is 0 Å². The summed E-state index contributed by atoms with van der Waals surface area (Å²) >= 11 is 0. The monoisotopic (exact) mass is 497 g/mol. The fraction of sp³-hybridized carbons (Fsp3) is 0.550. The first kappa shape index (κ1) is 23.6. The van der Waals surface area contributed by atoms with Gasteiger partial charge in [-0.25, -0.2) is 13.4 Å². The van der Waals surface area contributed by atoms with Crippen LogP contribution in [0.4, 0.5) is 11.4 Å². The van der Waals surface area contributed by atoms with Gasteiger partial charge in [-0.05, 0) is 43.4 Å². The summed E-state index contributed by atoms with van der Waals surface area (Å²) in [5, 5.41) is 6.23. The van der Waals surface area contributed by atoms with Crippen molar-refractivity contribution in [1.82, 2.24) is 10.0 Å². The van der Waals surface area contributed by atoms with Gasteiger partial charge in [0.05, 0.1) is 18.0 Å². The predicted molar refractivity (Wildman–Crippen MR) is 123 cm³/mol. The minimum Gasteiger partial charge on any atom is -0.341 e. The zero-order valence-electron chi connectivity index (χ0n) is 18.6. The number of amidine groups is 1. The van der Waals surface area contributed by atoms with E-state index in [2.05, 4.69) is 14.4 Å². The Morgan fingerprint density at radius 3 is 2.67 bits per heavy atom. The highest BCUT2D eigenvalue weighted by Gasteiger charge is 2.51. The zero-order chi connectivity index (χ0) is 24.1. The number of fused-ring (bicyclic) bond motifs is 2. The first-order valence-electron chi connectivity index (χ1n) is 10.7. The number of rotatable bonds is 6. The Hall–Kier alpha value is -2.51. The Morgan fingerprint density at radius 1 is 1.27 bits per heavy atom. The van der Waals surface area contributed by atoms with Gasteiger partial charge in [-0.1, -0.05) is 13.8 Å². The minimum atomic E-state index is -4.28. The first-order valence-corrected chi connectivity index (χ1v) is 14.1. The third-order valence-corrected chi connectivity index (χ3v) is 7.82. The van der Waals surface area contributed by atoms with E-state index in [1.54, 1.807) is 10.0 Å². The van der Waals surface area contributed by atoms with E-state index in [-0.39, 0.29) is 27.9 Å². The van der Waals surface area contributed by atoms with Gasteiger partial charge in [0.25, 0.3) is 15.9 Å². The maximum atomic E-state index is 13.4. The molecular formula is C20H27N5O6S2. The number of hydrogen-bond donors (Lipinski definition) is 2. The molecule has 0 radical (unpaired) electrons. The summed E-state index contributed by atoms with van der Waals surface area (Å²) in [6.45, 7) is 5.13. The van der Waals surface area contributed by atoms with E-state index in [0.717, 1.165) is 25.2 Å². The van der Waals surface area contributed by atoms with Crippen LogP contribution in [-0.4, -0.2) is 69.8 Å². The molecule has 33 heavy (non-hydrogen) atoms. The highest BCUT2D eigenvalue weighted by Crippen LogP contribution is 2.35. The van der Waals surface area contributed by atoms with Gasteiger partial charge < -0.3 is 5.32 Å². The van der Waals surface area contributed by atoms with Crippen molar-refractivity contribution >= 4 is 48.9 Å². The lowest BCUT2D eigenvalue weighted by Gasteiger charge is -2.43. The number of carbonyl (C=O) groups is 2. The van der Waals surface area contributed by atoms with Crippen LogP contribution in [0.2, 0.25) is 0 Å². The summed E-state index contributed by atoms with van der Waals surface area (Å²) in [7, 11) is -7.89. The SMILES string of the molecule is CC(C)CCN1C(=O)C(C2=NS(=O)(=O)c3cc(NS(C)(=O)=O)ccc3N2)C(=O)C2CCCN21. The quantitative estimate of drug-likeness (QED) is 0.554. The van der Waals surface area contributed by atoms with E-state index in [1.165, 1.54) is 12.1 Å². The molecule has 1 aromatic rings. The molecule has 3 aliphatic heterocycles.